The maximum Gasteiger partial charge on any atom is 0.251 e. The second-order valence-corrected chi connectivity index (χ2v) is 8.73. The van der Waals surface area contributed by atoms with Crippen LogP contribution in [0.25, 0.3) is 0 Å². The molecule has 0 spiro atoms. The van der Waals surface area contributed by atoms with E-state index < -0.39 is 11.3 Å². The van der Waals surface area contributed by atoms with Gasteiger partial charge in [-0.15, -0.1) is 11.8 Å². The fourth-order valence-electron chi connectivity index (χ4n) is 3.18. The number of carbonyl (C=O) groups is 3. The van der Waals surface area contributed by atoms with Crippen LogP contribution < -0.4 is 16.0 Å². The summed E-state index contributed by atoms with van der Waals surface area (Å²) in [6, 6.07) is 12.6. The van der Waals surface area contributed by atoms with Gasteiger partial charge in [-0.3, -0.25) is 14.4 Å². The topological polar surface area (TPSA) is 87.3 Å². The third-order valence-electron chi connectivity index (χ3n) is 5.08. The predicted molar refractivity (Wildman–Crippen MR) is 114 cm³/mol. The Morgan fingerprint density at radius 2 is 1.83 bits per heavy atom. The maximum atomic E-state index is 13.8. The van der Waals surface area contributed by atoms with Crippen LogP contribution in [0, 0.1) is 5.82 Å². The van der Waals surface area contributed by atoms with Crippen molar-refractivity contribution in [2.45, 2.75) is 36.6 Å². The van der Waals surface area contributed by atoms with Gasteiger partial charge in [-0.2, -0.15) is 0 Å². The molecule has 1 aliphatic carbocycles. The van der Waals surface area contributed by atoms with Crippen LogP contribution in [0.4, 0.5) is 10.1 Å². The van der Waals surface area contributed by atoms with Crippen LogP contribution in [-0.2, 0) is 16.0 Å². The molecule has 0 bridgehead atoms. The second kappa shape index (κ2) is 8.87. The van der Waals surface area contributed by atoms with E-state index in [2.05, 4.69) is 16.0 Å². The number of thioether (sulfide) groups is 1. The summed E-state index contributed by atoms with van der Waals surface area (Å²) in [4.78, 5) is 37.0. The molecule has 156 valence electrons. The Balaban J connectivity index is 1.29. The van der Waals surface area contributed by atoms with Crippen molar-refractivity contribution in [1.82, 2.24) is 10.6 Å². The van der Waals surface area contributed by atoms with Gasteiger partial charge < -0.3 is 16.0 Å². The number of benzene rings is 2. The minimum atomic E-state index is -0.669. The van der Waals surface area contributed by atoms with E-state index in [9.17, 15) is 18.8 Å². The van der Waals surface area contributed by atoms with Gasteiger partial charge in [0.2, 0.25) is 11.8 Å². The average molecular weight is 428 g/mol. The average Bonchev–Trinajstić information content (AvgIpc) is 3.55. The predicted octanol–water partition coefficient (Wildman–Crippen LogP) is 2.50. The fourth-order valence-corrected chi connectivity index (χ4v) is 4.36. The van der Waals surface area contributed by atoms with Crippen LogP contribution in [0.5, 0.6) is 0 Å². The molecule has 2 unspecified atom stereocenters. The minimum Gasteiger partial charge on any atom is -0.349 e. The zero-order valence-corrected chi connectivity index (χ0v) is 17.0. The molecule has 4 rings (SSSR count). The van der Waals surface area contributed by atoms with Gasteiger partial charge in [-0.05, 0) is 55.2 Å². The molecule has 2 aromatic carbocycles. The standard InChI is InChI=1S/C22H22FN3O3S/c23-17-4-2-1-3-14(17)11-19-22(29)26-18(12-30-19)21(28)25-15-7-5-13(6-8-15)20(27)24-16-9-10-16/h1-8,16,18-19H,9-12H2,(H,24,27)(H,25,28)(H,26,29). The Labute approximate surface area is 178 Å². The molecule has 1 saturated heterocycles. The number of amides is 3. The number of hydrogen-bond donors (Lipinski definition) is 3. The smallest absolute Gasteiger partial charge is 0.251 e. The van der Waals surface area contributed by atoms with E-state index in [4.69, 9.17) is 0 Å². The Hall–Kier alpha value is -2.87. The van der Waals surface area contributed by atoms with E-state index in [0.29, 0.717) is 22.6 Å². The summed E-state index contributed by atoms with van der Waals surface area (Å²) in [5.74, 6) is -0.650. The van der Waals surface area contributed by atoms with Crippen LogP contribution in [0.2, 0.25) is 0 Å². The third kappa shape index (κ3) is 4.99. The molecule has 2 aliphatic rings. The summed E-state index contributed by atoms with van der Waals surface area (Å²) in [6.45, 7) is 0. The van der Waals surface area contributed by atoms with Crippen LogP contribution in [-0.4, -0.2) is 40.8 Å². The molecule has 30 heavy (non-hydrogen) atoms. The Morgan fingerprint density at radius 1 is 1.10 bits per heavy atom. The van der Waals surface area contributed by atoms with E-state index in [0.717, 1.165) is 12.8 Å². The van der Waals surface area contributed by atoms with Gasteiger partial charge >= 0.3 is 0 Å². The zero-order valence-electron chi connectivity index (χ0n) is 16.2. The van der Waals surface area contributed by atoms with Gasteiger partial charge in [0.1, 0.15) is 11.9 Å². The van der Waals surface area contributed by atoms with Crippen molar-refractivity contribution in [3.63, 3.8) is 0 Å². The van der Waals surface area contributed by atoms with Crippen molar-refractivity contribution >= 4 is 35.2 Å². The van der Waals surface area contributed by atoms with Crippen molar-refractivity contribution in [3.05, 3.63) is 65.5 Å². The molecule has 2 atom stereocenters. The van der Waals surface area contributed by atoms with Gasteiger partial charge in [-0.25, -0.2) is 4.39 Å². The molecule has 1 saturated carbocycles. The first-order valence-corrected chi connectivity index (χ1v) is 10.9. The number of nitrogens with one attached hydrogen (secondary N) is 3. The van der Waals surface area contributed by atoms with E-state index in [1.807, 2.05) is 0 Å². The minimum absolute atomic E-state index is 0.118. The lowest BCUT2D eigenvalue weighted by molar-refractivity contribution is -0.126. The molecular formula is C22H22FN3O3S. The quantitative estimate of drug-likeness (QED) is 0.661. The highest BCUT2D eigenvalue weighted by Crippen LogP contribution is 2.24. The normalized spacial score (nSPS) is 20.9. The number of halogens is 1. The molecule has 0 aromatic heterocycles. The van der Waals surface area contributed by atoms with Gasteiger partial charge in [0, 0.05) is 23.0 Å². The number of anilines is 1. The van der Waals surface area contributed by atoms with Crippen molar-refractivity contribution in [3.8, 4) is 0 Å². The molecule has 6 nitrogen and oxygen atoms in total. The van der Waals surface area contributed by atoms with Gasteiger partial charge in [0.05, 0.1) is 5.25 Å². The number of rotatable bonds is 6. The summed E-state index contributed by atoms with van der Waals surface area (Å²) in [5, 5.41) is 7.97. The van der Waals surface area contributed by atoms with Gasteiger partial charge in [-0.1, -0.05) is 18.2 Å². The Bertz CT molecular complexity index is 962. The van der Waals surface area contributed by atoms with Crippen LogP contribution in [0.15, 0.2) is 48.5 Å². The summed E-state index contributed by atoms with van der Waals surface area (Å²) in [5.41, 5.74) is 1.58. The van der Waals surface area contributed by atoms with E-state index in [1.54, 1.807) is 42.5 Å². The van der Waals surface area contributed by atoms with Crippen LogP contribution in [0.1, 0.15) is 28.8 Å². The van der Waals surface area contributed by atoms with Crippen LogP contribution in [0.3, 0.4) is 0 Å². The van der Waals surface area contributed by atoms with Crippen molar-refractivity contribution in [2.75, 3.05) is 11.1 Å². The zero-order chi connectivity index (χ0) is 21.1. The third-order valence-corrected chi connectivity index (χ3v) is 6.39. The highest BCUT2D eigenvalue weighted by molar-refractivity contribution is 8.00. The van der Waals surface area contributed by atoms with E-state index in [1.165, 1.54) is 17.8 Å². The van der Waals surface area contributed by atoms with Gasteiger partial charge in [0.15, 0.2) is 0 Å². The number of hydrogen-bond acceptors (Lipinski definition) is 4. The highest BCUT2D eigenvalue weighted by atomic mass is 32.2. The van der Waals surface area contributed by atoms with E-state index in [-0.39, 0.29) is 36.0 Å². The molecule has 1 heterocycles. The molecule has 0 radical (unpaired) electrons. The molecular weight excluding hydrogens is 405 g/mol. The SMILES string of the molecule is O=C(NC1CC1)c1ccc(NC(=O)C2CSC(Cc3ccccc3F)C(=O)N2)cc1. The summed E-state index contributed by atoms with van der Waals surface area (Å²) >= 11 is 1.35. The number of carbonyl (C=O) groups excluding carboxylic acids is 3. The highest BCUT2D eigenvalue weighted by Gasteiger charge is 2.33. The molecule has 2 fully saturated rings. The lowest BCUT2D eigenvalue weighted by Crippen LogP contribution is -2.52. The summed E-state index contributed by atoms with van der Waals surface area (Å²) in [6.07, 6.45) is 2.32. The first-order chi connectivity index (χ1) is 14.5. The second-order valence-electron chi connectivity index (χ2n) is 7.49. The van der Waals surface area contributed by atoms with Gasteiger partial charge in [0.25, 0.3) is 5.91 Å². The monoisotopic (exact) mass is 427 g/mol. The first kappa shape index (κ1) is 20.4. The summed E-state index contributed by atoms with van der Waals surface area (Å²) < 4.78 is 13.8. The molecule has 8 heteroatoms. The molecule has 3 amide bonds. The maximum absolute atomic E-state index is 13.8. The Morgan fingerprint density at radius 3 is 2.50 bits per heavy atom. The van der Waals surface area contributed by atoms with Crippen molar-refractivity contribution < 1.29 is 18.8 Å². The molecule has 2 aromatic rings. The largest absolute Gasteiger partial charge is 0.349 e. The molecule has 1 aliphatic heterocycles. The summed E-state index contributed by atoms with van der Waals surface area (Å²) in [7, 11) is 0. The fraction of sp³-hybridized carbons (Fsp3) is 0.318. The van der Waals surface area contributed by atoms with Crippen molar-refractivity contribution in [2.24, 2.45) is 0 Å². The Kier molecular flexibility index (Phi) is 6.03. The lowest BCUT2D eigenvalue weighted by atomic mass is 10.1. The molecule has 3 N–H and O–H groups in total. The van der Waals surface area contributed by atoms with E-state index >= 15 is 0 Å². The first-order valence-electron chi connectivity index (χ1n) is 9.87. The lowest BCUT2D eigenvalue weighted by Gasteiger charge is -2.28. The van der Waals surface area contributed by atoms with Crippen LogP contribution >= 0.6 is 11.8 Å². The van der Waals surface area contributed by atoms with Crippen molar-refractivity contribution in [1.29, 1.82) is 0 Å².